The van der Waals surface area contributed by atoms with Gasteiger partial charge in [-0.2, -0.15) is 0 Å². The van der Waals surface area contributed by atoms with E-state index in [1.54, 1.807) is 0 Å². The van der Waals surface area contributed by atoms with Gasteiger partial charge in [0.05, 0.1) is 11.9 Å². The van der Waals surface area contributed by atoms with Gasteiger partial charge in [-0.05, 0) is 37.1 Å². The third-order valence-corrected chi connectivity index (χ3v) is 2.85. The minimum Gasteiger partial charge on any atom is -0.493 e. The lowest BCUT2D eigenvalue weighted by molar-refractivity contribution is 0.429. The van der Waals surface area contributed by atoms with E-state index in [1.165, 1.54) is 27.9 Å². The molecular formula is C12H14N2O2. The Bertz CT molecular complexity index is 594. The SMILES string of the molecule is Cc1ccc(-n2cc(O)n(C)c2=O)cc1C. The molecular weight excluding hydrogens is 204 g/mol. The van der Waals surface area contributed by atoms with Gasteiger partial charge in [0, 0.05) is 7.05 Å². The van der Waals surface area contributed by atoms with Crippen LogP contribution in [0.25, 0.3) is 5.69 Å². The predicted molar refractivity (Wildman–Crippen MR) is 62.1 cm³/mol. The molecule has 0 aliphatic heterocycles. The van der Waals surface area contributed by atoms with Crippen LogP contribution in [-0.4, -0.2) is 14.2 Å². The quantitative estimate of drug-likeness (QED) is 0.788. The van der Waals surface area contributed by atoms with E-state index in [0.29, 0.717) is 0 Å². The number of imidazole rings is 1. The van der Waals surface area contributed by atoms with Crippen molar-refractivity contribution < 1.29 is 5.11 Å². The Morgan fingerprint density at radius 3 is 2.38 bits per heavy atom. The Morgan fingerprint density at radius 1 is 1.19 bits per heavy atom. The van der Waals surface area contributed by atoms with Crippen molar-refractivity contribution in [3.05, 3.63) is 46.0 Å². The molecule has 0 spiro atoms. The van der Waals surface area contributed by atoms with E-state index in [2.05, 4.69) is 0 Å². The van der Waals surface area contributed by atoms with E-state index >= 15 is 0 Å². The second-order valence-electron chi connectivity index (χ2n) is 3.97. The van der Waals surface area contributed by atoms with Crippen LogP contribution in [0.4, 0.5) is 0 Å². The number of benzene rings is 1. The van der Waals surface area contributed by atoms with E-state index < -0.39 is 0 Å². The average molecular weight is 218 g/mol. The Morgan fingerprint density at radius 2 is 1.88 bits per heavy atom. The van der Waals surface area contributed by atoms with E-state index in [9.17, 15) is 9.90 Å². The molecule has 16 heavy (non-hydrogen) atoms. The fourth-order valence-corrected chi connectivity index (χ4v) is 1.58. The standard InChI is InChI=1S/C12H14N2O2/c1-8-4-5-10(6-9(8)2)14-7-11(15)13(3)12(14)16/h4-7,15H,1-3H3. The molecule has 1 heterocycles. The van der Waals surface area contributed by atoms with Gasteiger partial charge in [0.2, 0.25) is 5.88 Å². The van der Waals surface area contributed by atoms with Crippen LogP contribution >= 0.6 is 0 Å². The van der Waals surface area contributed by atoms with Gasteiger partial charge in [0.25, 0.3) is 0 Å². The van der Waals surface area contributed by atoms with Gasteiger partial charge in [-0.25, -0.2) is 4.79 Å². The highest BCUT2D eigenvalue weighted by Gasteiger charge is 2.08. The maximum Gasteiger partial charge on any atom is 0.335 e. The van der Waals surface area contributed by atoms with Crippen LogP contribution in [0, 0.1) is 13.8 Å². The van der Waals surface area contributed by atoms with E-state index in [4.69, 9.17) is 0 Å². The van der Waals surface area contributed by atoms with E-state index in [0.717, 1.165) is 11.3 Å². The zero-order valence-corrected chi connectivity index (χ0v) is 9.56. The molecule has 0 atom stereocenters. The summed E-state index contributed by atoms with van der Waals surface area (Å²) in [5.41, 5.74) is 2.81. The Kier molecular flexibility index (Phi) is 2.34. The van der Waals surface area contributed by atoms with Crippen LogP contribution < -0.4 is 5.69 Å². The Hall–Kier alpha value is -1.97. The zero-order valence-electron chi connectivity index (χ0n) is 9.56. The highest BCUT2D eigenvalue weighted by atomic mass is 16.3. The van der Waals surface area contributed by atoms with Crippen LogP contribution in [0.2, 0.25) is 0 Å². The lowest BCUT2D eigenvalue weighted by atomic mass is 10.1. The van der Waals surface area contributed by atoms with Crippen LogP contribution in [-0.2, 0) is 7.05 Å². The van der Waals surface area contributed by atoms with Crippen LogP contribution in [0.3, 0.4) is 0 Å². The summed E-state index contributed by atoms with van der Waals surface area (Å²) < 4.78 is 2.64. The first-order chi connectivity index (χ1) is 7.50. The molecule has 0 saturated heterocycles. The van der Waals surface area contributed by atoms with Crippen LogP contribution in [0.5, 0.6) is 5.88 Å². The normalized spacial score (nSPS) is 10.7. The molecule has 1 aromatic heterocycles. The fraction of sp³-hybridized carbons (Fsp3) is 0.250. The fourth-order valence-electron chi connectivity index (χ4n) is 1.58. The second kappa shape index (κ2) is 3.56. The number of aromatic nitrogens is 2. The largest absolute Gasteiger partial charge is 0.493 e. The van der Waals surface area contributed by atoms with Crippen molar-refractivity contribution in [3.8, 4) is 11.6 Å². The average Bonchev–Trinajstić information content (AvgIpc) is 2.50. The van der Waals surface area contributed by atoms with Crippen molar-refractivity contribution in [2.75, 3.05) is 0 Å². The topological polar surface area (TPSA) is 47.2 Å². The van der Waals surface area contributed by atoms with Crippen molar-refractivity contribution in [3.63, 3.8) is 0 Å². The number of nitrogens with zero attached hydrogens (tertiary/aromatic N) is 2. The third-order valence-electron chi connectivity index (χ3n) is 2.85. The summed E-state index contributed by atoms with van der Waals surface area (Å²) in [6, 6.07) is 5.75. The van der Waals surface area contributed by atoms with Gasteiger partial charge in [0.15, 0.2) is 0 Å². The zero-order chi connectivity index (χ0) is 11.9. The molecule has 2 rings (SSSR count). The van der Waals surface area contributed by atoms with Gasteiger partial charge in [0.1, 0.15) is 0 Å². The van der Waals surface area contributed by atoms with E-state index in [-0.39, 0.29) is 11.6 Å². The maximum atomic E-state index is 11.8. The molecule has 2 aromatic rings. The lowest BCUT2D eigenvalue weighted by Gasteiger charge is -2.04. The molecule has 0 fully saturated rings. The number of hydrogen-bond acceptors (Lipinski definition) is 2. The van der Waals surface area contributed by atoms with Crippen molar-refractivity contribution >= 4 is 0 Å². The maximum absolute atomic E-state index is 11.8. The summed E-state index contributed by atoms with van der Waals surface area (Å²) in [5, 5.41) is 9.45. The summed E-state index contributed by atoms with van der Waals surface area (Å²) in [5.74, 6) is -0.0387. The van der Waals surface area contributed by atoms with Crippen LogP contribution in [0.1, 0.15) is 11.1 Å². The first kappa shape index (κ1) is 10.5. The number of aromatic hydroxyl groups is 1. The molecule has 4 heteroatoms. The summed E-state index contributed by atoms with van der Waals surface area (Å²) >= 11 is 0. The lowest BCUT2D eigenvalue weighted by Crippen LogP contribution is -2.20. The molecule has 0 amide bonds. The van der Waals surface area contributed by atoms with Gasteiger partial charge >= 0.3 is 5.69 Å². The first-order valence-electron chi connectivity index (χ1n) is 5.05. The number of hydrogen-bond donors (Lipinski definition) is 1. The third kappa shape index (κ3) is 1.52. The van der Waals surface area contributed by atoms with Crippen molar-refractivity contribution in [2.24, 2.45) is 7.05 Å². The summed E-state index contributed by atoms with van der Waals surface area (Å²) in [6.45, 7) is 4.01. The highest BCUT2D eigenvalue weighted by molar-refractivity contribution is 5.40. The smallest absolute Gasteiger partial charge is 0.335 e. The number of rotatable bonds is 1. The minimum atomic E-state index is -0.249. The molecule has 0 unspecified atom stereocenters. The molecule has 0 radical (unpaired) electrons. The van der Waals surface area contributed by atoms with Crippen LogP contribution in [0.15, 0.2) is 29.2 Å². The summed E-state index contributed by atoms with van der Waals surface area (Å²) in [4.78, 5) is 11.8. The molecule has 1 aromatic carbocycles. The predicted octanol–water partition coefficient (Wildman–Crippen LogP) is 1.50. The molecule has 0 saturated carbocycles. The van der Waals surface area contributed by atoms with Gasteiger partial charge < -0.3 is 5.11 Å². The second-order valence-corrected chi connectivity index (χ2v) is 3.97. The summed E-state index contributed by atoms with van der Waals surface area (Å²) in [7, 11) is 1.54. The van der Waals surface area contributed by atoms with E-state index in [1.807, 2.05) is 32.0 Å². The van der Waals surface area contributed by atoms with Crippen molar-refractivity contribution in [1.29, 1.82) is 0 Å². The molecule has 0 aliphatic rings. The molecule has 1 N–H and O–H groups in total. The minimum absolute atomic E-state index is 0.0387. The van der Waals surface area contributed by atoms with Gasteiger partial charge in [-0.1, -0.05) is 6.07 Å². The molecule has 84 valence electrons. The first-order valence-corrected chi connectivity index (χ1v) is 5.05. The van der Waals surface area contributed by atoms with Gasteiger partial charge in [-0.3, -0.25) is 9.13 Å². The van der Waals surface area contributed by atoms with Gasteiger partial charge in [-0.15, -0.1) is 0 Å². The Balaban J connectivity index is 2.63. The highest BCUT2D eigenvalue weighted by Crippen LogP contribution is 2.14. The molecule has 0 bridgehead atoms. The number of aryl methyl sites for hydroxylation is 2. The Labute approximate surface area is 93.4 Å². The molecule has 0 aliphatic carbocycles. The molecule has 4 nitrogen and oxygen atoms in total. The summed E-state index contributed by atoms with van der Waals surface area (Å²) in [6.07, 6.45) is 1.42. The van der Waals surface area contributed by atoms with Crippen molar-refractivity contribution in [2.45, 2.75) is 13.8 Å². The van der Waals surface area contributed by atoms with Crippen molar-refractivity contribution in [1.82, 2.24) is 9.13 Å². The monoisotopic (exact) mass is 218 g/mol.